The third kappa shape index (κ3) is 2.51. The molecule has 0 aliphatic rings. The molecule has 0 fully saturated rings. The SMILES string of the molecule is Cl.Cl.NCc1nc2cnccc2s1. The van der Waals surface area contributed by atoms with Gasteiger partial charge in [-0.1, -0.05) is 0 Å². The van der Waals surface area contributed by atoms with Gasteiger partial charge in [0.15, 0.2) is 0 Å². The Hall–Kier alpha value is -0.420. The number of hydrogen-bond donors (Lipinski definition) is 1. The molecule has 0 saturated heterocycles. The lowest BCUT2D eigenvalue weighted by molar-refractivity contribution is 1.05. The van der Waals surface area contributed by atoms with E-state index >= 15 is 0 Å². The Labute approximate surface area is 92.2 Å². The highest BCUT2D eigenvalue weighted by Gasteiger charge is 1.99. The van der Waals surface area contributed by atoms with Crippen LogP contribution in [0.1, 0.15) is 5.01 Å². The molecular weight excluding hydrogens is 229 g/mol. The molecule has 0 aromatic carbocycles. The van der Waals surface area contributed by atoms with Crippen LogP contribution in [0, 0.1) is 0 Å². The fourth-order valence-corrected chi connectivity index (χ4v) is 1.73. The number of nitrogens with two attached hydrogens (primary N) is 1. The largest absolute Gasteiger partial charge is 0.325 e. The lowest BCUT2D eigenvalue weighted by Gasteiger charge is -1.80. The second kappa shape index (κ2) is 5.34. The van der Waals surface area contributed by atoms with Gasteiger partial charge in [-0.05, 0) is 6.07 Å². The topological polar surface area (TPSA) is 51.8 Å². The van der Waals surface area contributed by atoms with E-state index in [4.69, 9.17) is 5.73 Å². The average Bonchev–Trinajstić information content (AvgIpc) is 2.46. The number of thiazole rings is 1. The first-order valence-electron chi connectivity index (χ1n) is 3.29. The van der Waals surface area contributed by atoms with Crippen molar-refractivity contribution in [2.45, 2.75) is 6.54 Å². The van der Waals surface area contributed by atoms with E-state index in [1.807, 2.05) is 6.07 Å². The summed E-state index contributed by atoms with van der Waals surface area (Å²) in [6.07, 6.45) is 3.52. The number of hydrogen-bond acceptors (Lipinski definition) is 4. The second-order valence-electron chi connectivity index (χ2n) is 2.16. The Morgan fingerprint density at radius 1 is 1.38 bits per heavy atom. The van der Waals surface area contributed by atoms with Crippen LogP contribution in [0.4, 0.5) is 0 Å². The first-order valence-corrected chi connectivity index (χ1v) is 4.11. The molecule has 2 heterocycles. The Bertz CT molecular complexity index is 344. The molecule has 2 rings (SSSR count). The molecule has 0 aliphatic carbocycles. The summed E-state index contributed by atoms with van der Waals surface area (Å²) in [5.41, 5.74) is 6.38. The molecule has 2 aromatic heterocycles. The van der Waals surface area contributed by atoms with Gasteiger partial charge in [0.2, 0.25) is 0 Å². The van der Waals surface area contributed by atoms with Crippen molar-refractivity contribution >= 4 is 46.4 Å². The number of fused-ring (bicyclic) bond motifs is 1. The molecule has 13 heavy (non-hydrogen) atoms. The smallest absolute Gasteiger partial charge is 0.108 e. The van der Waals surface area contributed by atoms with Crippen molar-refractivity contribution in [2.75, 3.05) is 0 Å². The summed E-state index contributed by atoms with van der Waals surface area (Å²) in [5, 5.41) is 0.966. The van der Waals surface area contributed by atoms with Crippen molar-refractivity contribution in [1.29, 1.82) is 0 Å². The van der Waals surface area contributed by atoms with Crippen molar-refractivity contribution in [2.24, 2.45) is 5.73 Å². The van der Waals surface area contributed by atoms with E-state index in [0.29, 0.717) is 6.54 Å². The van der Waals surface area contributed by atoms with Gasteiger partial charge in [0.25, 0.3) is 0 Å². The Morgan fingerprint density at radius 3 is 2.77 bits per heavy atom. The summed E-state index contributed by atoms with van der Waals surface area (Å²) in [7, 11) is 0. The van der Waals surface area contributed by atoms with Gasteiger partial charge < -0.3 is 5.73 Å². The molecule has 3 nitrogen and oxygen atoms in total. The highest BCUT2D eigenvalue weighted by atomic mass is 35.5. The highest BCUT2D eigenvalue weighted by molar-refractivity contribution is 7.18. The molecule has 0 radical (unpaired) electrons. The van der Waals surface area contributed by atoms with Crippen LogP contribution in [0.15, 0.2) is 18.5 Å². The minimum Gasteiger partial charge on any atom is -0.325 e. The third-order valence-corrected chi connectivity index (χ3v) is 2.47. The maximum atomic E-state index is 5.44. The van der Waals surface area contributed by atoms with Crippen molar-refractivity contribution < 1.29 is 0 Å². The van der Waals surface area contributed by atoms with Gasteiger partial charge in [-0.3, -0.25) is 4.98 Å². The van der Waals surface area contributed by atoms with E-state index in [2.05, 4.69) is 9.97 Å². The van der Waals surface area contributed by atoms with Gasteiger partial charge >= 0.3 is 0 Å². The minimum absolute atomic E-state index is 0. The second-order valence-corrected chi connectivity index (χ2v) is 3.27. The molecule has 0 atom stereocenters. The molecule has 6 heteroatoms. The Kier molecular flexibility index (Phi) is 5.17. The Balaban J connectivity index is 0.000000720. The molecule has 72 valence electrons. The molecule has 0 unspecified atom stereocenters. The molecule has 0 aliphatic heterocycles. The molecule has 0 bridgehead atoms. The lowest BCUT2D eigenvalue weighted by atomic mass is 10.5. The quantitative estimate of drug-likeness (QED) is 0.826. The molecule has 2 N–H and O–H groups in total. The van der Waals surface area contributed by atoms with Crippen LogP contribution in [0.3, 0.4) is 0 Å². The van der Waals surface area contributed by atoms with Gasteiger partial charge in [-0.2, -0.15) is 0 Å². The summed E-state index contributed by atoms with van der Waals surface area (Å²) < 4.78 is 1.15. The van der Waals surface area contributed by atoms with E-state index in [1.54, 1.807) is 23.7 Å². The van der Waals surface area contributed by atoms with Crippen molar-refractivity contribution in [3.8, 4) is 0 Å². The van der Waals surface area contributed by atoms with Crippen LogP contribution in [-0.4, -0.2) is 9.97 Å². The number of aromatic nitrogens is 2. The monoisotopic (exact) mass is 237 g/mol. The normalized spacial score (nSPS) is 9.00. The average molecular weight is 238 g/mol. The maximum absolute atomic E-state index is 5.44. The van der Waals surface area contributed by atoms with Crippen molar-refractivity contribution in [3.05, 3.63) is 23.5 Å². The fourth-order valence-electron chi connectivity index (χ4n) is 0.915. The number of rotatable bonds is 1. The van der Waals surface area contributed by atoms with Gasteiger partial charge in [0.05, 0.1) is 16.4 Å². The lowest BCUT2D eigenvalue weighted by Crippen LogP contribution is -1.93. The zero-order valence-electron chi connectivity index (χ0n) is 6.64. The highest BCUT2D eigenvalue weighted by Crippen LogP contribution is 2.19. The number of nitrogens with zero attached hydrogens (tertiary/aromatic N) is 2. The molecule has 0 saturated carbocycles. The van der Waals surface area contributed by atoms with Crippen molar-refractivity contribution in [1.82, 2.24) is 9.97 Å². The maximum Gasteiger partial charge on any atom is 0.108 e. The molecule has 0 spiro atoms. The molecule has 2 aromatic rings. The van der Waals surface area contributed by atoms with E-state index in [0.717, 1.165) is 15.2 Å². The Morgan fingerprint density at radius 2 is 2.15 bits per heavy atom. The third-order valence-electron chi connectivity index (χ3n) is 1.41. The first-order chi connectivity index (χ1) is 5.40. The van der Waals surface area contributed by atoms with Crippen molar-refractivity contribution in [3.63, 3.8) is 0 Å². The van der Waals surface area contributed by atoms with E-state index in [1.165, 1.54) is 0 Å². The van der Waals surface area contributed by atoms with Crippen LogP contribution < -0.4 is 5.73 Å². The summed E-state index contributed by atoms with van der Waals surface area (Å²) >= 11 is 1.62. The fraction of sp³-hybridized carbons (Fsp3) is 0.143. The van der Waals surface area contributed by atoms with Crippen LogP contribution in [0.5, 0.6) is 0 Å². The minimum atomic E-state index is 0. The van der Waals surface area contributed by atoms with Crippen LogP contribution in [0.25, 0.3) is 10.2 Å². The first kappa shape index (κ1) is 12.6. The van der Waals surface area contributed by atoms with E-state index in [9.17, 15) is 0 Å². The summed E-state index contributed by atoms with van der Waals surface area (Å²) in [4.78, 5) is 8.23. The summed E-state index contributed by atoms with van der Waals surface area (Å²) in [5.74, 6) is 0. The van der Waals surface area contributed by atoms with Gasteiger partial charge in [0.1, 0.15) is 5.01 Å². The summed E-state index contributed by atoms with van der Waals surface area (Å²) in [6.45, 7) is 0.513. The number of halogens is 2. The molecule has 0 amide bonds. The van der Waals surface area contributed by atoms with Gasteiger partial charge in [-0.15, -0.1) is 36.2 Å². The van der Waals surface area contributed by atoms with Crippen LogP contribution >= 0.6 is 36.2 Å². The van der Waals surface area contributed by atoms with Crippen LogP contribution in [-0.2, 0) is 6.54 Å². The van der Waals surface area contributed by atoms with E-state index in [-0.39, 0.29) is 24.8 Å². The van der Waals surface area contributed by atoms with E-state index < -0.39 is 0 Å². The zero-order valence-corrected chi connectivity index (χ0v) is 9.09. The predicted molar refractivity (Wildman–Crippen MR) is 59.8 cm³/mol. The summed E-state index contributed by atoms with van der Waals surface area (Å²) in [6, 6.07) is 1.95. The van der Waals surface area contributed by atoms with Crippen LogP contribution in [0.2, 0.25) is 0 Å². The predicted octanol–water partition coefficient (Wildman–Crippen LogP) is 1.99. The van der Waals surface area contributed by atoms with Gasteiger partial charge in [0, 0.05) is 12.7 Å². The molecular formula is C7H9Cl2N3S. The zero-order chi connectivity index (χ0) is 7.68. The van der Waals surface area contributed by atoms with Gasteiger partial charge in [-0.25, -0.2) is 4.98 Å². The number of pyridine rings is 1. The standard InChI is InChI=1S/C7H7N3S.2ClH/c8-3-7-10-5-4-9-2-1-6(5)11-7;;/h1-2,4H,3,8H2;2*1H.